The van der Waals surface area contributed by atoms with Crippen LogP contribution in [0.4, 0.5) is 5.69 Å². The zero-order chi connectivity index (χ0) is 14.7. The van der Waals surface area contributed by atoms with Crippen molar-refractivity contribution in [3.63, 3.8) is 0 Å². The van der Waals surface area contributed by atoms with E-state index in [9.17, 15) is 14.9 Å². The van der Waals surface area contributed by atoms with Crippen molar-refractivity contribution in [2.24, 2.45) is 0 Å². The maximum atomic E-state index is 11.0. The number of hydrogen-bond donors (Lipinski definition) is 0. The van der Waals surface area contributed by atoms with Crippen molar-refractivity contribution in [2.75, 3.05) is 0 Å². The maximum Gasteiger partial charge on any atom is 0.281 e. The van der Waals surface area contributed by atoms with Crippen molar-refractivity contribution in [3.8, 4) is 11.3 Å². The Hall–Kier alpha value is -2.11. The zero-order valence-corrected chi connectivity index (χ0v) is 11.4. The van der Waals surface area contributed by atoms with Gasteiger partial charge in [0.25, 0.3) is 5.69 Å². The van der Waals surface area contributed by atoms with Gasteiger partial charge in [0.05, 0.1) is 10.5 Å². The Kier molecular flexibility index (Phi) is 4.22. The number of furan rings is 1. The number of allylic oxidation sites excluding steroid dienone is 1. The number of carbonyl (C=O) groups excluding carboxylic acids is 1. The van der Waals surface area contributed by atoms with Crippen molar-refractivity contribution in [1.82, 2.24) is 0 Å². The fraction of sp³-hybridized carbons (Fsp3) is 0. The predicted octanol–water partition coefficient (Wildman–Crippen LogP) is 4.29. The molecule has 0 spiro atoms. The summed E-state index contributed by atoms with van der Waals surface area (Å²) in [4.78, 5) is 21.1. The van der Waals surface area contributed by atoms with Crippen LogP contribution in [0.3, 0.4) is 0 Å². The largest absolute Gasteiger partial charge is 0.456 e. The van der Waals surface area contributed by atoms with Crippen molar-refractivity contribution >= 4 is 40.2 Å². The van der Waals surface area contributed by atoms with Gasteiger partial charge in [0.1, 0.15) is 11.5 Å². The van der Waals surface area contributed by atoms with Gasteiger partial charge in [-0.3, -0.25) is 14.9 Å². The topological polar surface area (TPSA) is 73.3 Å². The average Bonchev–Trinajstić information content (AvgIpc) is 2.84. The molecule has 0 aliphatic heterocycles. The molecular weight excluding hydrogens is 305 g/mol. The van der Waals surface area contributed by atoms with Crippen LogP contribution in [0.25, 0.3) is 17.4 Å². The Morgan fingerprint density at radius 2 is 2.05 bits per heavy atom. The molecule has 1 heterocycles. The lowest BCUT2D eigenvalue weighted by Crippen LogP contribution is -1.91. The second kappa shape index (κ2) is 5.90. The lowest BCUT2D eigenvalue weighted by atomic mass is 10.1. The van der Waals surface area contributed by atoms with Crippen LogP contribution >= 0.6 is 23.2 Å². The number of carbonyl (C=O) groups is 1. The second-order valence-corrected chi connectivity index (χ2v) is 4.57. The third-order valence-corrected chi connectivity index (χ3v) is 2.79. The van der Waals surface area contributed by atoms with E-state index in [-0.39, 0.29) is 10.7 Å². The third kappa shape index (κ3) is 3.26. The van der Waals surface area contributed by atoms with Crippen LogP contribution in [-0.4, -0.2) is 10.2 Å². The van der Waals surface area contributed by atoms with Gasteiger partial charge < -0.3 is 4.42 Å². The number of rotatable bonds is 4. The predicted molar refractivity (Wildman–Crippen MR) is 75.7 cm³/mol. The molecule has 7 heteroatoms. The van der Waals surface area contributed by atoms with Gasteiger partial charge in [-0.25, -0.2) is 0 Å². The Balaban J connectivity index is 2.42. The standard InChI is InChI=1S/C13H7Cl2NO4/c14-8-1-4-10(11(7-8)16(18)19)12-5-2-9(20-12)3-6-13(15)17/h1-7H/b6-3+. The molecule has 0 saturated heterocycles. The van der Waals surface area contributed by atoms with Gasteiger partial charge in [-0.1, -0.05) is 11.6 Å². The molecule has 0 fully saturated rings. The fourth-order valence-corrected chi connectivity index (χ4v) is 1.83. The highest BCUT2D eigenvalue weighted by molar-refractivity contribution is 6.66. The van der Waals surface area contributed by atoms with Crippen LogP contribution in [0, 0.1) is 10.1 Å². The van der Waals surface area contributed by atoms with E-state index >= 15 is 0 Å². The molecule has 0 radical (unpaired) electrons. The van der Waals surface area contributed by atoms with Gasteiger partial charge in [-0.05, 0) is 41.9 Å². The normalized spacial score (nSPS) is 10.9. The summed E-state index contributed by atoms with van der Waals surface area (Å²) < 4.78 is 5.41. The SMILES string of the molecule is O=C(Cl)/C=C/c1ccc(-c2ccc(Cl)cc2[N+](=O)[O-])o1. The van der Waals surface area contributed by atoms with Gasteiger partial charge in [0, 0.05) is 17.2 Å². The molecule has 0 N–H and O–H groups in total. The first kappa shape index (κ1) is 14.3. The molecule has 5 nitrogen and oxygen atoms in total. The molecular formula is C13H7Cl2NO4. The molecule has 0 saturated carbocycles. The second-order valence-electron chi connectivity index (χ2n) is 3.76. The first-order chi connectivity index (χ1) is 9.47. The van der Waals surface area contributed by atoms with Gasteiger partial charge >= 0.3 is 0 Å². The van der Waals surface area contributed by atoms with Gasteiger partial charge in [0.15, 0.2) is 0 Å². The molecule has 0 aliphatic carbocycles. The highest BCUT2D eigenvalue weighted by atomic mass is 35.5. The Morgan fingerprint density at radius 3 is 2.70 bits per heavy atom. The van der Waals surface area contributed by atoms with Crippen molar-refractivity contribution < 1.29 is 14.1 Å². The number of nitro groups is 1. The first-order valence-electron chi connectivity index (χ1n) is 5.39. The van der Waals surface area contributed by atoms with E-state index in [1.54, 1.807) is 12.1 Å². The quantitative estimate of drug-likeness (QED) is 0.365. The summed E-state index contributed by atoms with van der Waals surface area (Å²) in [7, 11) is 0. The van der Waals surface area contributed by atoms with Crippen LogP contribution in [-0.2, 0) is 4.79 Å². The fourth-order valence-electron chi connectivity index (χ4n) is 1.60. The zero-order valence-electron chi connectivity index (χ0n) is 9.88. The van der Waals surface area contributed by atoms with Crippen molar-refractivity contribution in [2.45, 2.75) is 0 Å². The molecule has 0 aliphatic rings. The van der Waals surface area contributed by atoms with Crippen molar-refractivity contribution in [3.05, 3.63) is 57.3 Å². The number of nitro benzene ring substituents is 1. The number of benzene rings is 1. The van der Waals surface area contributed by atoms with E-state index in [4.69, 9.17) is 27.6 Å². The van der Waals surface area contributed by atoms with Gasteiger partial charge in [-0.15, -0.1) is 0 Å². The maximum absolute atomic E-state index is 11.0. The molecule has 1 aromatic carbocycles. The minimum atomic E-state index is -0.638. The molecule has 20 heavy (non-hydrogen) atoms. The first-order valence-corrected chi connectivity index (χ1v) is 6.14. The monoisotopic (exact) mass is 311 g/mol. The lowest BCUT2D eigenvalue weighted by molar-refractivity contribution is -0.384. The van der Waals surface area contributed by atoms with Gasteiger partial charge in [0.2, 0.25) is 5.24 Å². The van der Waals surface area contributed by atoms with E-state index in [1.807, 2.05) is 0 Å². The number of halogens is 2. The lowest BCUT2D eigenvalue weighted by Gasteiger charge is -2.00. The highest BCUT2D eigenvalue weighted by Gasteiger charge is 2.18. The summed E-state index contributed by atoms with van der Waals surface area (Å²) in [6, 6.07) is 7.42. The summed E-state index contributed by atoms with van der Waals surface area (Å²) in [6.07, 6.45) is 2.50. The van der Waals surface area contributed by atoms with E-state index in [1.165, 1.54) is 24.3 Å². The van der Waals surface area contributed by atoms with E-state index in [0.29, 0.717) is 17.1 Å². The van der Waals surface area contributed by atoms with Gasteiger partial charge in [-0.2, -0.15) is 0 Å². The minimum Gasteiger partial charge on any atom is -0.456 e. The molecule has 0 amide bonds. The highest BCUT2D eigenvalue weighted by Crippen LogP contribution is 2.33. The molecule has 2 rings (SSSR count). The Labute approximate surface area is 123 Å². The summed E-state index contributed by atoms with van der Waals surface area (Å²) in [5.74, 6) is 0.660. The van der Waals surface area contributed by atoms with Crippen molar-refractivity contribution in [1.29, 1.82) is 0 Å². The Bertz CT molecular complexity index is 706. The molecule has 0 bridgehead atoms. The van der Waals surface area contributed by atoms with E-state index in [0.717, 1.165) is 6.08 Å². The van der Waals surface area contributed by atoms with Crippen LogP contribution in [0.15, 0.2) is 40.8 Å². The Morgan fingerprint density at radius 1 is 1.30 bits per heavy atom. The smallest absolute Gasteiger partial charge is 0.281 e. The summed E-state index contributed by atoms with van der Waals surface area (Å²) in [6.45, 7) is 0. The molecule has 0 unspecified atom stereocenters. The average molecular weight is 312 g/mol. The number of hydrogen-bond acceptors (Lipinski definition) is 4. The third-order valence-electron chi connectivity index (χ3n) is 2.43. The number of nitrogens with zero attached hydrogens (tertiary/aromatic N) is 1. The van der Waals surface area contributed by atoms with E-state index < -0.39 is 10.2 Å². The van der Waals surface area contributed by atoms with E-state index in [2.05, 4.69) is 0 Å². The summed E-state index contributed by atoms with van der Waals surface area (Å²) in [5, 5.41) is 10.6. The minimum absolute atomic E-state index is 0.157. The molecule has 2 aromatic rings. The van der Waals surface area contributed by atoms with Crippen LogP contribution in [0.5, 0.6) is 0 Å². The summed E-state index contributed by atoms with van der Waals surface area (Å²) >= 11 is 10.9. The molecule has 1 aromatic heterocycles. The van der Waals surface area contributed by atoms with Crippen LogP contribution < -0.4 is 0 Å². The molecule has 0 atom stereocenters. The molecule has 102 valence electrons. The van der Waals surface area contributed by atoms with Crippen LogP contribution in [0.2, 0.25) is 5.02 Å². The summed E-state index contributed by atoms with van der Waals surface area (Å²) in [5.41, 5.74) is 0.145. The van der Waals surface area contributed by atoms with Crippen LogP contribution in [0.1, 0.15) is 5.76 Å².